The largest absolute Gasteiger partial charge is 0.392 e. The number of hydrogen-bond donors (Lipinski definition) is 2. The molecule has 2 saturated carbocycles. The van der Waals surface area contributed by atoms with E-state index in [4.69, 9.17) is 5.11 Å². The Morgan fingerprint density at radius 1 is 1.13 bits per heavy atom. The van der Waals surface area contributed by atoms with Crippen LogP contribution in [0.2, 0.25) is 0 Å². The molecular formula is C13H22O2. The zero-order valence-electron chi connectivity index (χ0n) is 9.36. The van der Waals surface area contributed by atoms with Crippen molar-refractivity contribution in [3.8, 4) is 0 Å². The molecule has 0 aromatic rings. The van der Waals surface area contributed by atoms with Gasteiger partial charge in [0.15, 0.2) is 0 Å². The molecule has 0 amide bonds. The molecule has 0 heterocycles. The fraction of sp³-hybridized carbons (Fsp3) is 0.846. The number of aliphatic hydroxyl groups excluding tert-OH is 2. The minimum absolute atomic E-state index is 0.0269. The fourth-order valence-corrected chi connectivity index (χ4v) is 3.51. The van der Waals surface area contributed by atoms with Gasteiger partial charge in [0, 0.05) is 5.92 Å². The summed E-state index contributed by atoms with van der Waals surface area (Å²) in [6.07, 6.45) is 6.93. The zero-order valence-corrected chi connectivity index (χ0v) is 9.36. The average molecular weight is 210 g/mol. The molecule has 0 aromatic heterocycles. The zero-order chi connectivity index (χ0) is 10.8. The Labute approximate surface area is 92.0 Å². The summed E-state index contributed by atoms with van der Waals surface area (Å²) in [5.74, 6) is 1.35. The second-order valence-electron chi connectivity index (χ2n) is 5.20. The van der Waals surface area contributed by atoms with Crippen LogP contribution in [0.4, 0.5) is 0 Å². The van der Waals surface area contributed by atoms with Gasteiger partial charge in [-0.3, -0.25) is 0 Å². The first-order valence-corrected chi connectivity index (χ1v) is 6.20. The molecule has 86 valence electrons. The predicted molar refractivity (Wildman–Crippen MR) is 60.4 cm³/mol. The van der Waals surface area contributed by atoms with E-state index in [0.29, 0.717) is 5.92 Å². The van der Waals surface area contributed by atoms with E-state index in [2.05, 4.69) is 6.58 Å². The van der Waals surface area contributed by atoms with Crippen molar-refractivity contribution in [3.63, 3.8) is 0 Å². The summed E-state index contributed by atoms with van der Waals surface area (Å²) in [7, 11) is 0. The van der Waals surface area contributed by atoms with E-state index in [9.17, 15) is 5.11 Å². The lowest BCUT2D eigenvalue weighted by Gasteiger charge is -2.28. The molecule has 0 aliphatic heterocycles. The van der Waals surface area contributed by atoms with Crippen molar-refractivity contribution in [2.75, 3.05) is 6.61 Å². The van der Waals surface area contributed by atoms with Crippen molar-refractivity contribution < 1.29 is 10.2 Å². The summed E-state index contributed by atoms with van der Waals surface area (Å²) in [5.41, 5.74) is 0.829. The standard InChI is InChI=1S/C13H22O2/c1-9(8-14)11-6-2-4-10-5-3-7-12(10)13(11)15/h10-15H,1-8H2/t10-,11+,12-,13?/m1/s1. The maximum atomic E-state index is 10.3. The molecule has 2 aliphatic rings. The molecule has 2 fully saturated rings. The van der Waals surface area contributed by atoms with Crippen LogP contribution in [0.1, 0.15) is 38.5 Å². The van der Waals surface area contributed by atoms with Crippen LogP contribution in [0.25, 0.3) is 0 Å². The molecule has 0 aromatic carbocycles. The van der Waals surface area contributed by atoms with E-state index >= 15 is 0 Å². The summed E-state index contributed by atoms with van der Waals surface area (Å²) in [6, 6.07) is 0. The molecule has 0 spiro atoms. The molecule has 1 unspecified atom stereocenters. The van der Waals surface area contributed by atoms with Crippen LogP contribution in [-0.2, 0) is 0 Å². The Bertz CT molecular complexity index is 237. The SMILES string of the molecule is C=C(CO)[C@@H]1CCC[C@@H]2CCC[C@H]2C1O. The van der Waals surface area contributed by atoms with Crippen molar-refractivity contribution in [2.45, 2.75) is 44.6 Å². The Kier molecular flexibility index (Phi) is 3.47. The van der Waals surface area contributed by atoms with Gasteiger partial charge in [-0.05, 0) is 30.3 Å². The number of aliphatic hydroxyl groups is 2. The number of fused-ring (bicyclic) bond motifs is 1. The van der Waals surface area contributed by atoms with Gasteiger partial charge in [0.2, 0.25) is 0 Å². The second kappa shape index (κ2) is 4.67. The van der Waals surface area contributed by atoms with Crippen LogP contribution < -0.4 is 0 Å². The van der Waals surface area contributed by atoms with E-state index in [0.717, 1.165) is 17.9 Å². The predicted octanol–water partition coefficient (Wildman–Crippen LogP) is 2.11. The number of rotatable bonds is 2. The first-order valence-electron chi connectivity index (χ1n) is 6.20. The normalized spacial score (nSPS) is 40.9. The Hall–Kier alpha value is -0.340. The summed E-state index contributed by atoms with van der Waals surface area (Å²) in [4.78, 5) is 0. The van der Waals surface area contributed by atoms with Crippen molar-refractivity contribution in [1.82, 2.24) is 0 Å². The summed E-state index contributed by atoms with van der Waals surface area (Å²) in [5, 5.41) is 19.5. The first-order chi connectivity index (χ1) is 7.24. The highest BCUT2D eigenvalue weighted by Gasteiger charge is 2.39. The lowest BCUT2D eigenvalue weighted by molar-refractivity contribution is 0.0513. The van der Waals surface area contributed by atoms with Gasteiger partial charge >= 0.3 is 0 Å². The first kappa shape index (κ1) is 11.2. The molecule has 0 bridgehead atoms. The van der Waals surface area contributed by atoms with E-state index in [1.807, 2.05) is 0 Å². The van der Waals surface area contributed by atoms with Crippen LogP contribution >= 0.6 is 0 Å². The van der Waals surface area contributed by atoms with Crippen LogP contribution in [0.3, 0.4) is 0 Å². The van der Waals surface area contributed by atoms with Crippen molar-refractivity contribution in [2.24, 2.45) is 17.8 Å². The quantitative estimate of drug-likeness (QED) is 0.685. The third-order valence-corrected chi connectivity index (χ3v) is 4.39. The van der Waals surface area contributed by atoms with Gasteiger partial charge in [0.25, 0.3) is 0 Å². The molecule has 15 heavy (non-hydrogen) atoms. The van der Waals surface area contributed by atoms with Gasteiger partial charge in [-0.1, -0.05) is 32.3 Å². The van der Waals surface area contributed by atoms with Gasteiger partial charge < -0.3 is 10.2 Å². The molecule has 2 aliphatic carbocycles. The number of hydrogen-bond acceptors (Lipinski definition) is 2. The Morgan fingerprint density at radius 3 is 2.47 bits per heavy atom. The van der Waals surface area contributed by atoms with Gasteiger partial charge in [0.1, 0.15) is 0 Å². The monoisotopic (exact) mass is 210 g/mol. The minimum Gasteiger partial charge on any atom is -0.392 e. The van der Waals surface area contributed by atoms with E-state index in [1.165, 1.54) is 32.1 Å². The van der Waals surface area contributed by atoms with Crippen LogP contribution in [0.15, 0.2) is 12.2 Å². The molecule has 2 N–H and O–H groups in total. The van der Waals surface area contributed by atoms with Crippen LogP contribution in [0.5, 0.6) is 0 Å². The van der Waals surface area contributed by atoms with E-state index < -0.39 is 0 Å². The van der Waals surface area contributed by atoms with E-state index in [1.54, 1.807) is 0 Å². The molecule has 2 nitrogen and oxygen atoms in total. The Balaban J connectivity index is 2.10. The highest BCUT2D eigenvalue weighted by molar-refractivity contribution is 5.06. The molecule has 2 heteroatoms. The maximum Gasteiger partial charge on any atom is 0.0642 e. The van der Waals surface area contributed by atoms with Gasteiger partial charge in [-0.15, -0.1) is 0 Å². The molecule has 2 rings (SSSR count). The summed E-state index contributed by atoms with van der Waals surface area (Å²) < 4.78 is 0. The highest BCUT2D eigenvalue weighted by Crippen LogP contribution is 2.44. The van der Waals surface area contributed by atoms with E-state index in [-0.39, 0.29) is 18.6 Å². The third kappa shape index (κ3) is 2.11. The smallest absolute Gasteiger partial charge is 0.0642 e. The fourth-order valence-electron chi connectivity index (χ4n) is 3.51. The lowest BCUT2D eigenvalue weighted by atomic mass is 9.82. The van der Waals surface area contributed by atoms with Crippen molar-refractivity contribution >= 4 is 0 Å². The third-order valence-electron chi connectivity index (χ3n) is 4.39. The molecule has 4 atom stereocenters. The Morgan fingerprint density at radius 2 is 1.80 bits per heavy atom. The lowest BCUT2D eigenvalue weighted by Crippen LogP contribution is -2.31. The second-order valence-corrected chi connectivity index (χ2v) is 5.20. The summed E-state index contributed by atoms with van der Waals surface area (Å²) in [6.45, 7) is 3.92. The average Bonchev–Trinajstić information content (AvgIpc) is 2.65. The molecule has 0 radical (unpaired) electrons. The van der Waals surface area contributed by atoms with Crippen LogP contribution in [0, 0.1) is 17.8 Å². The minimum atomic E-state index is -0.250. The van der Waals surface area contributed by atoms with Crippen molar-refractivity contribution in [3.05, 3.63) is 12.2 Å². The van der Waals surface area contributed by atoms with Crippen LogP contribution in [-0.4, -0.2) is 22.9 Å². The van der Waals surface area contributed by atoms with Gasteiger partial charge in [-0.25, -0.2) is 0 Å². The topological polar surface area (TPSA) is 40.5 Å². The maximum absolute atomic E-state index is 10.3. The molecule has 0 saturated heterocycles. The summed E-state index contributed by atoms with van der Waals surface area (Å²) >= 11 is 0. The van der Waals surface area contributed by atoms with Gasteiger partial charge in [0.05, 0.1) is 12.7 Å². The van der Waals surface area contributed by atoms with Crippen molar-refractivity contribution in [1.29, 1.82) is 0 Å². The highest BCUT2D eigenvalue weighted by atomic mass is 16.3. The molecular weight excluding hydrogens is 188 g/mol. The van der Waals surface area contributed by atoms with Gasteiger partial charge in [-0.2, -0.15) is 0 Å².